The lowest BCUT2D eigenvalue weighted by atomic mass is 9.97. The summed E-state index contributed by atoms with van der Waals surface area (Å²) in [4.78, 5) is 173. The molecule has 0 aliphatic carbocycles. The van der Waals surface area contributed by atoms with E-state index in [2.05, 4.69) is 94.6 Å². The van der Waals surface area contributed by atoms with Gasteiger partial charge in [0.2, 0.25) is 65.0 Å². The van der Waals surface area contributed by atoms with Crippen molar-refractivity contribution in [3.8, 4) is 5.75 Å². The Hall–Kier alpha value is -12.5. The summed E-state index contributed by atoms with van der Waals surface area (Å²) in [7, 11) is 0. The van der Waals surface area contributed by atoms with Gasteiger partial charge in [0.05, 0.1) is 12.3 Å². The number of unbranched alkanes of at least 4 members (excludes halogenated alkanes) is 2. The molecule has 6 aromatic rings. The number of amides is 11. The summed E-state index contributed by atoms with van der Waals surface area (Å²) in [5, 5.41) is 64.8. The highest BCUT2D eigenvalue weighted by Gasteiger charge is 2.41. The molecule has 0 spiro atoms. The summed E-state index contributed by atoms with van der Waals surface area (Å²) >= 11 is 6.27. The Labute approximate surface area is 723 Å². The second-order valence-electron chi connectivity index (χ2n) is 30.3. The zero-order valence-corrected chi connectivity index (χ0v) is 72.0. The van der Waals surface area contributed by atoms with Crippen LogP contribution in [0.2, 0.25) is 5.02 Å². The molecule has 0 bridgehead atoms. The number of rotatable bonds is 44. The normalized spacial score (nSPS) is 14.7. The molecule has 34 heteroatoms. The number of hydrogen-bond donors (Lipinski definition) is 17. The van der Waals surface area contributed by atoms with Gasteiger partial charge in [0.1, 0.15) is 66.2 Å². The number of phenolic OH excluding ortho intramolecular Hbond substituents is 1. The zero-order chi connectivity index (χ0) is 89.2. The molecule has 1 aromatic heterocycles. The van der Waals surface area contributed by atoms with E-state index in [9.17, 15) is 53.4 Å². The van der Waals surface area contributed by atoms with Gasteiger partial charge in [-0.2, -0.15) is 5.10 Å². The van der Waals surface area contributed by atoms with E-state index in [-0.39, 0.29) is 76.0 Å². The maximum absolute atomic E-state index is 15.2. The van der Waals surface area contributed by atoms with E-state index in [1.54, 1.807) is 42.6 Å². The monoisotopic (exact) mass is 1710 g/mol. The Morgan fingerprint density at radius 3 is 1.60 bits per heavy atom. The quantitative estimate of drug-likeness (QED) is 0.0143. The van der Waals surface area contributed by atoms with Crippen molar-refractivity contribution >= 4 is 117 Å². The summed E-state index contributed by atoms with van der Waals surface area (Å²) in [6, 6.07) is 23.2. The van der Waals surface area contributed by atoms with Crippen molar-refractivity contribution in [2.24, 2.45) is 26.7 Å². The van der Waals surface area contributed by atoms with Crippen LogP contribution < -0.4 is 80.3 Å². The number of aromatic hydroxyl groups is 1. The molecule has 123 heavy (non-hydrogen) atoms. The molecule has 11 amide bonds. The minimum Gasteiger partial charge on any atom is -0.508 e. The van der Waals surface area contributed by atoms with Crippen molar-refractivity contribution in [2.45, 2.75) is 199 Å². The van der Waals surface area contributed by atoms with Crippen LogP contribution in [0.3, 0.4) is 0 Å². The van der Waals surface area contributed by atoms with Crippen molar-refractivity contribution < 1.29 is 63.0 Å². The van der Waals surface area contributed by atoms with E-state index >= 15 is 9.59 Å². The van der Waals surface area contributed by atoms with E-state index in [0.717, 1.165) is 22.0 Å². The van der Waals surface area contributed by atoms with Gasteiger partial charge in [-0.3, -0.25) is 73.1 Å². The summed E-state index contributed by atoms with van der Waals surface area (Å²) < 4.78 is 0. The number of aliphatic imine (C=N–C) groups is 2. The number of phenols is 1. The number of allylic oxidation sites excluding steroid dienone is 1. The predicted octanol–water partition coefficient (Wildman–Crippen LogP) is 4.38. The molecule has 3 heterocycles. The lowest BCUT2D eigenvalue weighted by Crippen LogP contribution is -2.61. The van der Waals surface area contributed by atoms with E-state index in [1.165, 1.54) is 61.0 Å². The van der Waals surface area contributed by atoms with E-state index in [0.29, 0.717) is 98.6 Å². The van der Waals surface area contributed by atoms with Crippen molar-refractivity contribution in [3.05, 3.63) is 179 Å². The number of carbonyl (C=O) groups excluding carboxylic acids is 11. The molecular formula is C89H121ClN20O13. The fraction of sp³-hybridized carbons (Fsp3) is 0.449. The lowest BCUT2D eigenvalue weighted by Gasteiger charge is -2.31. The maximum Gasteiger partial charge on any atom is 0.245 e. The average Bonchev–Trinajstić information content (AvgIpc) is 1.70. The zero-order valence-electron chi connectivity index (χ0n) is 71.3. The van der Waals surface area contributed by atoms with Crippen molar-refractivity contribution in [1.82, 2.24) is 79.0 Å². The minimum atomic E-state index is -1.82. The third-order valence-electron chi connectivity index (χ3n) is 20.1. The Morgan fingerprint density at radius 2 is 1.04 bits per heavy atom. The highest BCUT2D eigenvalue weighted by Crippen LogP contribution is 2.24. The molecule has 0 unspecified atom stereocenters. The first-order valence-electron chi connectivity index (χ1n) is 42.1. The SMILES string of the molecule is C1=Cc2ccccc2NN=C1.CCNC(=NCCCC[C@H](NC(=O)[C@H](CC(C)C)NC(=O)[C@@H](CCCCN=C(NCC)NCC)NC(=O)[C@H](Cc1ccc(O)cc1)NC(=O)[C@H](CO)NC(=O)[C@@H](Cc1cccnc1)NC(=O)[C@@H](Cc1ccc(Cl)cc1)NC(=O)[C@@H](Cc1cccc2ccccc12)NC(C)=O)C(=O)N1CCC[C@H]1C(=O)N[C@H](C)C(N)=O)NCC. The summed E-state index contributed by atoms with van der Waals surface area (Å²) in [6.45, 7) is 16.3. The fourth-order valence-corrected chi connectivity index (χ4v) is 14.0. The Balaban J connectivity index is 0.00000173. The standard InChI is InChI=1S/C80H113ClN18O13.C9H8N2/c1-9-84-79(85-10-2)88-39-17-15-27-60(70(104)94-62(42-49(5)6)71(105)93-61(28-16-18-40-89-80(86-11-3)87-12-4)78(112)99-41-21-29-68(99)77(111)90-50(7)69(82)103)92-72(106)63(44-53-32-36-58(102)37-33-53)97-76(110)67(48-100)98-74(108)65(45-54-22-20-38-83-47-54)96-73(107)64(43-52-30-34-57(81)35-31-52)95-75(109)66(91-51(8)101)46-56-25-19-24-55-23-13-14-26-59(55)56;1-2-6-9-8(4-1)5-3-7-10-11-9/h13-14,19-20,22-26,30-38,47,49-50,60-68,100,102H,9-12,15-18,21,27-29,39-46,48H2,1-8H3,(H2,82,103)(H,90,111)(H,91,101)(H,92,106)(H,93,105)(H,94,104)(H,95,109)(H,96,107)(H,97,110)(H,98,108)(H2,84,85,88)(H2,86,87,89);1-7,11H/t50-,60-,61+,62+,63+,64-,65-,66-,67+,68+;/m1./s1. The molecule has 5 aromatic carbocycles. The van der Waals surface area contributed by atoms with Gasteiger partial charge in [0.15, 0.2) is 11.9 Å². The lowest BCUT2D eigenvalue weighted by molar-refractivity contribution is -0.142. The number of nitrogens with zero attached hydrogens (tertiary/aromatic N) is 5. The van der Waals surface area contributed by atoms with Gasteiger partial charge in [0, 0.05) is 102 Å². The van der Waals surface area contributed by atoms with Crippen LogP contribution in [0.1, 0.15) is 141 Å². The maximum atomic E-state index is 15.2. The van der Waals surface area contributed by atoms with Gasteiger partial charge >= 0.3 is 0 Å². The van der Waals surface area contributed by atoms with Gasteiger partial charge in [-0.15, -0.1) is 0 Å². The number of halogens is 1. The number of nitrogens with one attached hydrogen (secondary N) is 14. The first-order valence-corrected chi connectivity index (χ1v) is 42.5. The number of aliphatic hydroxyl groups excluding tert-OH is 1. The van der Waals surface area contributed by atoms with Gasteiger partial charge in [0.25, 0.3) is 0 Å². The van der Waals surface area contributed by atoms with Gasteiger partial charge in [-0.25, -0.2) is 0 Å². The highest BCUT2D eigenvalue weighted by molar-refractivity contribution is 6.30. The molecule has 1 fully saturated rings. The number of pyridine rings is 1. The smallest absolute Gasteiger partial charge is 0.245 e. The topological polar surface area (TPSA) is 476 Å². The second kappa shape index (κ2) is 51.9. The van der Waals surface area contributed by atoms with Crippen LogP contribution >= 0.6 is 11.6 Å². The van der Waals surface area contributed by atoms with Gasteiger partial charge in [-0.1, -0.05) is 123 Å². The molecule has 662 valence electrons. The Bertz CT molecular complexity index is 4570. The molecule has 33 nitrogen and oxygen atoms in total. The average molecular weight is 1710 g/mol. The molecule has 0 saturated carbocycles. The van der Waals surface area contributed by atoms with E-state index in [1.807, 2.05) is 120 Å². The molecule has 10 atom stereocenters. The van der Waals surface area contributed by atoms with Crippen molar-refractivity contribution in [2.75, 3.05) is 57.8 Å². The first-order chi connectivity index (χ1) is 59.2. The number of aromatic nitrogens is 1. The largest absolute Gasteiger partial charge is 0.508 e. The molecule has 2 aliphatic rings. The van der Waals surface area contributed by atoms with Gasteiger partial charge < -0.3 is 90.0 Å². The number of primary amides is 1. The van der Waals surface area contributed by atoms with Crippen LogP contribution in [0, 0.1) is 5.92 Å². The fourth-order valence-electron chi connectivity index (χ4n) is 13.8. The predicted molar refractivity (Wildman–Crippen MR) is 476 cm³/mol. The first kappa shape index (κ1) is 97.6. The van der Waals surface area contributed by atoms with Crippen molar-refractivity contribution in [1.29, 1.82) is 0 Å². The van der Waals surface area contributed by atoms with Crippen LogP contribution in [0.15, 0.2) is 161 Å². The molecular weight excluding hydrogens is 1590 g/mol. The molecule has 8 rings (SSSR count). The number of nitrogens with two attached hydrogens (primary N) is 1. The number of hydrogen-bond acceptors (Lipinski definition) is 18. The summed E-state index contributed by atoms with van der Waals surface area (Å²) in [6.07, 6.45) is 10.4. The Morgan fingerprint density at radius 1 is 0.545 bits per heavy atom. The van der Waals surface area contributed by atoms with Crippen LogP contribution in [0.25, 0.3) is 16.8 Å². The van der Waals surface area contributed by atoms with Crippen LogP contribution in [0.4, 0.5) is 5.69 Å². The number of hydrazone groups is 1. The van der Waals surface area contributed by atoms with Crippen LogP contribution in [0.5, 0.6) is 5.75 Å². The van der Waals surface area contributed by atoms with E-state index in [4.69, 9.17) is 17.3 Å². The van der Waals surface area contributed by atoms with E-state index < -0.39 is 132 Å². The number of likely N-dealkylation sites (tertiary alicyclic amines) is 1. The number of carbonyl (C=O) groups is 11. The van der Waals surface area contributed by atoms with Gasteiger partial charge in [-0.05, 0) is 179 Å². The molecule has 18 N–H and O–H groups in total. The number of anilines is 1. The Kier molecular flexibility index (Phi) is 41.2. The number of para-hydroxylation sites is 1. The number of aliphatic hydroxyl groups is 1. The van der Waals surface area contributed by atoms with Crippen LogP contribution in [-0.2, 0) is 78.4 Å². The number of guanidine groups is 2. The summed E-state index contributed by atoms with van der Waals surface area (Å²) in [5.41, 5.74) is 12.8. The summed E-state index contributed by atoms with van der Waals surface area (Å²) in [5.74, 6) is -7.73. The number of fused-ring (bicyclic) bond motifs is 2. The molecule has 0 radical (unpaired) electrons. The highest BCUT2D eigenvalue weighted by atomic mass is 35.5. The minimum absolute atomic E-state index is 0.0340. The number of benzene rings is 5. The second-order valence-corrected chi connectivity index (χ2v) is 30.8. The molecule has 2 aliphatic heterocycles. The van der Waals surface area contributed by atoms with Crippen LogP contribution in [-0.4, -0.2) is 216 Å². The molecule has 1 saturated heterocycles. The third-order valence-corrected chi connectivity index (χ3v) is 20.4. The third kappa shape index (κ3) is 33.1. The van der Waals surface area contributed by atoms with Crippen molar-refractivity contribution in [3.63, 3.8) is 0 Å².